The first-order valence-electron chi connectivity index (χ1n) is 5.50. The van der Waals surface area contributed by atoms with Gasteiger partial charge in [0.1, 0.15) is 0 Å². The Balaban J connectivity index is 3.80. The Labute approximate surface area is 86.9 Å². The second-order valence-electron chi connectivity index (χ2n) is 4.00. The fourth-order valence-electron chi connectivity index (χ4n) is 1.22. The van der Waals surface area contributed by atoms with Crippen molar-refractivity contribution in [3.05, 3.63) is 0 Å². The van der Waals surface area contributed by atoms with E-state index in [4.69, 9.17) is 5.11 Å². The van der Waals surface area contributed by atoms with Crippen LogP contribution in [0.5, 0.6) is 0 Å². The molecule has 0 unspecified atom stereocenters. The largest absolute Gasteiger partial charge is 0.396 e. The van der Waals surface area contributed by atoms with Crippen LogP contribution in [0.4, 0.5) is 0 Å². The summed E-state index contributed by atoms with van der Waals surface area (Å²) in [5, 5.41) is 11.6. The number of carbonyl (C=O) groups is 1. The van der Waals surface area contributed by atoms with Crippen molar-refractivity contribution < 1.29 is 9.90 Å². The van der Waals surface area contributed by atoms with E-state index in [2.05, 4.69) is 26.1 Å². The maximum absolute atomic E-state index is 11.5. The Morgan fingerprint density at radius 1 is 1.29 bits per heavy atom. The molecule has 2 N–H and O–H groups in total. The van der Waals surface area contributed by atoms with Crippen LogP contribution in [0.1, 0.15) is 52.9 Å². The van der Waals surface area contributed by atoms with Crippen molar-refractivity contribution in [1.29, 1.82) is 0 Å². The molecule has 0 aromatic carbocycles. The van der Waals surface area contributed by atoms with Gasteiger partial charge >= 0.3 is 0 Å². The number of hydrogen-bond donors (Lipinski definition) is 2. The highest BCUT2D eigenvalue weighted by Crippen LogP contribution is 2.13. The number of carbonyl (C=O) groups excluding carboxylic acids is 1. The van der Waals surface area contributed by atoms with Crippen LogP contribution in [0, 0.1) is 0 Å². The fourth-order valence-corrected chi connectivity index (χ4v) is 1.22. The molecule has 0 spiro atoms. The Kier molecular flexibility index (Phi) is 6.54. The van der Waals surface area contributed by atoms with E-state index in [-0.39, 0.29) is 18.1 Å². The maximum atomic E-state index is 11.5. The highest BCUT2D eigenvalue weighted by Gasteiger charge is 2.21. The normalized spacial score (nSPS) is 11.4. The van der Waals surface area contributed by atoms with Crippen molar-refractivity contribution in [2.75, 3.05) is 6.61 Å². The van der Waals surface area contributed by atoms with Crippen LogP contribution in [0.3, 0.4) is 0 Å². The number of rotatable bonds is 7. The summed E-state index contributed by atoms with van der Waals surface area (Å²) in [6.45, 7) is 6.40. The lowest BCUT2D eigenvalue weighted by atomic mass is 9.95. The second kappa shape index (κ2) is 6.82. The van der Waals surface area contributed by atoms with Gasteiger partial charge in [-0.25, -0.2) is 0 Å². The molecule has 3 heteroatoms. The van der Waals surface area contributed by atoms with Crippen LogP contribution >= 0.6 is 0 Å². The monoisotopic (exact) mass is 201 g/mol. The summed E-state index contributed by atoms with van der Waals surface area (Å²) < 4.78 is 0. The van der Waals surface area contributed by atoms with Crippen molar-refractivity contribution >= 4 is 5.91 Å². The smallest absolute Gasteiger partial charge is 0.220 e. The van der Waals surface area contributed by atoms with Crippen molar-refractivity contribution in [2.24, 2.45) is 0 Å². The molecule has 1 amide bonds. The lowest BCUT2D eigenvalue weighted by molar-refractivity contribution is -0.123. The SMILES string of the molecule is CCC(C)(CC)NC(=O)CCCCO. The predicted octanol–water partition coefficient (Wildman–Crippen LogP) is 1.84. The summed E-state index contributed by atoms with van der Waals surface area (Å²) in [4.78, 5) is 11.5. The Hall–Kier alpha value is -0.570. The number of hydrogen-bond acceptors (Lipinski definition) is 2. The van der Waals surface area contributed by atoms with Gasteiger partial charge in [-0.15, -0.1) is 0 Å². The van der Waals surface area contributed by atoms with E-state index in [1.165, 1.54) is 0 Å². The number of nitrogens with one attached hydrogen (secondary N) is 1. The zero-order chi connectivity index (χ0) is 11.0. The molecule has 0 radical (unpaired) electrons. The van der Waals surface area contributed by atoms with Gasteiger partial charge in [0.15, 0.2) is 0 Å². The van der Waals surface area contributed by atoms with E-state index in [1.54, 1.807) is 0 Å². The summed E-state index contributed by atoms with van der Waals surface area (Å²) in [5.41, 5.74) is -0.0592. The topological polar surface area (TPSA) is 49.3 Å². The maximum Gasteiger partial charge on any atom is 0.220 e. The average Bonchev–Trinajstić information content (AvgIpc) is 2.18. The number of aliphatic hydroxyl groups excluding tert-OH is 1. The lowest BCUT2D eigenvalue weighted by Gasteiger charge is -2.28. The van der Waals surface area contributed by atoms with Gasteiger partial charge in [0.05, 0.1) is 0 Å². The van der Waals surface area contributed by atoms with Gasteiger partial charge in [0.25, 0.3) is 0 Å². The molecule has 0 aromatic rings. The van der Waals surface area contributed by atoms with Crippen LogP contribution < -0.4 is 5.32 Å². The van der Waals surface area contributed by atoms with Gasteiger partial charge in [-0.3, -0.25) is 4.79 Å². The number of unbranched alkanes of at least 4 members (excludes halogenated alkanes) is 1. The van der Waals surface area contributed by atoms with E-state index >= 15 is 0 Å². The molecule has 0 bridgehead atoms. The molecular formula is C11H23NO2. The van der Waals surface area contributed by atoms with Gasteiger partial charge in [0.2, 0.25) is 5.91 Å². The minimum absolute atomic E-state index is 0.0592. The van der Waals surface area contributed by atoms with Crippen LogP contribution in [-0.2, 0) is 4.79 Å². The van der Waals surface area contributed by atoms with Crippen LogP contribution in [0.2, 0.25) is 0 Å². The summed E-state index contributed by atoms with van der Waals surface area (Å²) >= 11 is 0. The molecule has 0 aromatic heterocycles. The molecule has 0 rings (SSSR count). The molecule has 0 saturated carbocycles. The summed E-state index contributed by atoms with van der Waals surface area (Å²) in [5.74, 6) is 0.102. The molecule has 0 aliphatic rings. The fraction of sp³-hybridized carbons (Fsp3) is 0.909. The lowest BCUT2D eigenvalue weighted by Crippen LogP contribution is -2.44. The molecule has 0 heterocycles. The average molecular weight is 201 g/mol. The molecule has 0 saturated heterocycles. The van der Waals surface area contributed by atoms with Crippen molar-refractivity contribution in [2.45, 2.75) is 58.4 Å². The van der Waals surface area contributed by atoms with E-state index < -0.39 is 0 Å². The molecule has 0 atom stereocenters. The van der Waals surface area contributed by atoms with Crippen LogP contribution in [0.15, 0.2) is 0 Å². The Bertz CT molecular complexity index is 165. The zero-order valence-electron chi connectivity index (χ0n) is 9.60. The first kappa shape index (κ1) is 13.4. The summed E-state index contributed by atoms with van der Waals surface area (Å²) in [7, 11) is 0. The summed E-state index contributed by atoms with van der Waals surface area (Å²) in [6, 6.07) is 0. The van der Waals surface area contributed by atoms with E-state index in [1.807, 2.05) is 0 Å². The van der Waals surface area contributed by atoms with Crippen LogP contribution in [0.25, 0.3) is 0 Å². The molecule has 0 aliphatic carbocycles. The van der Waals surface area contributed by atoms with Crippen molar-refractivity contribution in [3.63, 3.8) is 0 Å². The third-order valence-corrected chi connectivity index (χ3v) is 2.81. The van der Waals surface area contributed by atoms with Gasteiger partial charge < -0.3 is 10.4 Å². The first-order valence-corrected chi connectivity index (χ1v) is 5.50. The quantitative estimate of drug-likeness (QED) is 0.617. The minimum Gasteiger partial charge on any atom is -0.396 e. The van der Waals surface area contributed by atoms with Crippen molar-refractivity contribution in [3.8, 4) is 0 Å². The third-order valence-electron chi connectivity index (χ3n) is 2.81. The second-order valence-corrected chi connectivity index (χ2v) is 4.00. The van der Waals surface area contributed by atoms with E-state index in [9.17, 15) is 4.79 Å². The van der Waals surface area contributed by atoms with Gasteiger partial charge in [-0.2, -0.15) is 0 Å². The minimum atomic E-state index is -0.0592. The van der Waals surface area contributed by atoms with Crippen LogP contribution in [-0.4, -0.2) is 23.2 Å². The predicted molar refractivity (Wildman–Crippen MR) is 58.1 cm³/mol. The number of amides is 1. The highest BCUT2D eigenvalue weighted by atomic mass is 16.2. The molecule has 84 valence electrons. The zero-order valence-corrected chi connectivity index (χ0v) is 9.60. The van der Waals surface area contributed by atoms with Gasteiger partial charge in [-0.05, 0) is 32.6 Å². The Morgan fingerprint density at radius 3 is 2.29 bits per heavy atom. The van der Waals surface area contributed by atoms with Crippen molar-refractivity contribution in [1.82, 2.24) is 5.32 Å². The first-order chi connectivity index (χ1) is 6.58. The van der Waals surface area contributed by atoms with Gasteiger partial charge in [0, 0.05) is 18.6 Å². The summed E-state index contributed by atoms with van der Waals surface area (Å²) in [6.07, 6.45) is 3.91. The molecule has 3 nitrogen and oxygen atoms in total. The standard InChI is InChI=1S/C11H23NO2/c1-4-11(3,5-2)12-10(14)8-6-7-9-13/h13H,4-9H2,1-3H3,(H,12,14). The molecular weight excluding hydrogens is 178 g/mol. The molecule has 0 aliphatic heterocycles. The molecule has 14 heavy (non-hydrogen) atoms. The molecule has 0 fully saturated rings. The Morgan fingerprint density at radius 2 is 1.86 bits per heavy atom. The third kappa shape index (κ3) is 5.22. The van der Waals surface area contributed by atoms with E-state index in [0.717, 1.165) is 19.3 Å². The van der Waals surface area contributed by atoms with E-state index in [0.29, 0.717) is 12.8 Å². The van der Waals surface area contributed by atoms with Gasteiger partial charge in [-0.1, -0.05) is 13.8 Å². The highest BCUT2D eigenvalue weighted by molar-refractivity contribution is 5.76. The number of aliphatic hydroxyl groups is 1.